The van der Waals surface area contributed by atoms with E-state index in [0.717, 1.165) is 14.5 Å². The van der Waals surface area contributed by atoms with Crippen molar-refractivity contribution in [3.8, 4) is 5.75 Å². The highest BCUT2D eigenvalue weighted by atomic mass is 127. The van der Waals surface area contributed by atoms with Gasteiger partial charge in [-0.3, -0.25) is 4.98 Å². The molecule has 0 spiro atoms. The lowest BCUT2D eigenvalue weighted by Crippen LogP contribution is -1.90. The largest absolute Gasteiger partial charge is 0.462 e. The van der Waals surface area contributed by atoms with Gasteiger partial charge in [0.2, 0.25) is 0 Å². The molecule has 0 fully saturated rings. The van der Waals surface area contributed by atoms with E-state index in [1.807, 2.05) is 18.2 Å². The molecule has 76 valence electrons. The van der Waals surface area contributed by atoms with Gasteiger partial charge in [-0.1, -0.05) is 18.2 Å². The van der Waals surface area contributed by atoms with Crippen LogP contribution in [0.5, 0.6) is 5.75 Å². The van der Waals surface area contributed by atoms with Crippen LogP contribution in [0.2, 0.25) is 5.02 Å². The second-order valence-corrected chi connectivity index (χ2v) is 4.42. The van der Waals surface area contributed by atoms with Gasteiger partial charge in [0.05, 0.1) is 14.9 Å². The predicted molar refractivity (Wildman–Crippen MR) is 70.3 cm³/mol. The Balaban J connectivity index is 2.83. The summed E-state index contributed by atoms with van der Waals surface area (Å²) in [5.41, 5.74) is 0.759. The summed E-state index contributed by atoms with van der Waals surface area (Å²) in [4.78, 5) is 4.26. The van der Waals surface area contributed by atoms with E-state index >= 15 is 0 Å². The summed E-state index contributed by atoms with van der Waals surface area (Å²) in [6.07, 6.45) is 3.10. The molecule has 1 aromatic carbocycles. The average Bonchev–Trinajstić information content (AvgIpc) is 2.24. The second-order valence-electron chi connectivity index (χ2n) is 2.85. The van der Waals surface area contributed by atoms with Gasteiger partial charge < -0.3 is 4.74 Å². The number of fused-ring (bicyclic) bond motifs is 1. The molecular formula is C11H7ClINO. The van der Waals surface area contributed by atoms with Crippen molar-refractivity contribution in [1.29, 1.82) is 0 Å². The molecule has 0 bridgehead atoms. The first-order chi connectivity index (χ1) is 7.24. The van der Waals surface area contributed by atoms with Crippen molar-refractivity contribution in [3.63, 3.8) is 0 Å². The highest BCUT2D eigenvalue weighted by Gasteiger charge is 2.10. The molecule has 15 heavy (non-hydrogen) atoms. The fourth-order valence-corrected chi connectivity index (χ4v) is 2.48. The van der Waals surface area contributed by atoms with Crippen LogP contribution in [0.3, 0.4) is 0 Å². The molecule has 2 aromatic rings. The molecular weight excluding hydrogens is 324 g/mol. The monoisotopic (exact) mass is 331 g/mol. The summed E-state index contributed by atoms with van der Waals surface area (Å²) < 4.78 is 6.26. The van der Waals surface area contributed by atoms with Crippen molar-refractivity contribution < 1.29 is 4.74 Å². The Morgan fingerprint density at radius 1 is 1.53 bits per heavy atom. The molecule has 2 nitrogen and oxygen atoms in total. The smallest absolute Gasteiger partial charge is 0.166 e. The molecule has 1 aromatic heterocycles. The van der Waals surface area contributed by atoms with Crippen molar-refractivity contribution in [1.82, 2.24) is 4.98 Å². The van der Waals surface area contributed by atoms with Crippen LogP contribution in [0.1, 0.15) is 0 Å². The lowest BCUT2D eigenvalue weighted by Gasteiger charge is -2.08. The van der Waals surface area contributed by atoms with Gasteiger partial charge in [-0.15, -0.1) is 0 Å². The maximum absolute atomic E-state index is 6.11. The number of pyridine rings is 1. The molecule has 0 saturated carbocycles. The molecule has 1 heterocycles. The Labute approximate surface area is 106 Å². The minimum atomic E-state index is 0.680. The van der Waals surface area contributed by atoms with Crippen LogP contribution in [-0.4, -0.2) is 4.98 Å². The van der Waals surface area contributed by atoms with Crippen LogP contribution in [0.4, 0.5) is 0 Å². The Kier molecular flexibility index (Phi) is 3.11. The quantitative estimate of drug-likeness (QED) is 0.612. The number of aromatic nitrogens is 1. The van der Waals surface area contributed by atoms with Crippen LogP contribution in [0.15, 0.2) is 37.2 Å². The molecule has 0 aliphatic heterocycles. The van der Waals surface area contributed by atoms with Crippen LogP contribution >= 0.6 is 34.2 Å². The third kappa shape index (κ3) is 1.94. The lowest BCUT2D eigenvalue weighted by molar-refractivity contribution is 0.484. The molecule has 4 heteroatoms. The zero-order valence-electron chi connectivity index (χ0n) is 7.71. The first-order valence-corrected chi connectivity index (χ1v) is 5.70. The molecule has 0 amide bonds. The van der Waals surface area contributed by atoms with E-state index in [2.05, 4.69) is 34.2 Å². The second kappa shape index (κ2) is 4.37. The van der Waals surface area contributed by atoms with E-state index in [4.69, 9.17) is 16.3 Å². The van der Waals surface area contributed by atoms with Crippen LogP contribution in [0, 0.1) is 3.57 Å². The minimum Gasteiger partial charge on any atom is -0.462 e. The number of nitrogens with zero attached hydrogens (tertiary/aromatic N) is 1. The first-order valence-electron chi connectivity index (χ1n) is 4.24. The maximum atomic E-state index is 6.11. The maximum Gasteiger partial charge on any atom is 0.166 e. The van der Waals surface area contributed by atoms with Crippen LogP contribution in [0.25, 0.3) is 10.9 Å². The van der Waals surface area contributed by atoms with Gasteiger partial charge >= 0.3 is 0 Å². The third-order valence-corrected chi connectivity index (χ3v) is 3.07. The summed E-state index contributed by atoms with van der Waals surface area (Å²) in [7, 11) is 0. The Morgan fingerprint density at radius 3 is 3.07 bits per heavy atom. The predicted octanol–water partition coefficient (Wildman–Crippen LogP) is 4.02. The van der Waals surface area contributed by atoms with E-state index in [0.29, 0.717) is 10.8 Å². The molecule has 0 aliphatic rings. The number of ether oxygens (including phenoxy) is 1. The number of rotatable bonds is 2. The SMILES string of the molecule is C=COc1c(I)cc(Cl)c2cccnc12. The molecule has 0 atom stereocenters. The van der Waals surface area contributed by atoms with Crippen molar-refractivity contribution in [3.05, 3.63) is 45.8 Å². The summed E-state index contributed by atoms with van der Waals surface area (Å²) in [5, 5.41) is 1.57. The summed E-state index contributed by atoms with van der Waals surface area (Å²) in [5.74, 6) is 0.700. The first kappa shape index (κ1) is 10.7. The number of hydrogen-bond acceptors (Lipinski definition) is 2. The zero-order valence-corrected chi connectivity index (χ0v) is 10.6. The van der Waals surface area contributed by atoms with Gasteiger partial charge in [0, 0.05) is 11.6 Å². The van der Waals surface area contributed by atoms with Crippen LogP contribution in [-0.2, 0) is 0 Å². The molecule has 0 N–H and O–H groups in total. The highest BCUT2D eigenvalue weighted by Crippen LogP contribution is 2.34. The molecule has 2 rings (SSSR count). The zero-order chi connectivity index (χ0) is 10.8. The number of hydrogen-bond donors (Lipinski definition) is 0. The summed E-state index contributed by atoms with van der Waals surface area (Å²) >= 11 is 8.27. The summed E-state index contributed by atoms with van der Waals surface area (Å²) in [6.45, 7) is 3.54. The topological polar surface area (TPSA) is 22.1 Å². The van der Waals surface area contributed by atoms with E-state index < -0.39 is 0 Å². The van der Waals surface area contributed by atoms with Crippen molar-refractivity contribution in [2.45, 2.75) is 0 Å². The summed E-state index contributed by atoms with van der Waals surface area (Å²) in [6, 6.07) is 5.61. The van der Waals surface area contributed by atoms with E-state index in [1.54, 1.807) is 6.20 Å². The van der Waals surface area contributed by atoms with Crippen molar-refractivity contribution in [2.24, 2.45) is 0 Å². The Morgan fingerprint density at radius 2 is 2.33 bits per heavy atom. The van der Waals surface area contributed by atoms with E-state index in [9.17, 15) is 0 Å². The molecule has 0 unspecified atom stereocenters. The lowest BCUT2D eigenvalue weighted by atomic mass is 10.2. The van der Waals surface area contributed by atoms with Gasteiger partial charge in [0.1, 0.15) is 5.52 Å². The van der Waals surface area contributed by atoms with Crippen LogP contribution < -0.4 is 4.74 Å². The van der Waals surface area contributed by atoms with Gasteiger partial charge in [0.15, 0.2) is 5.75 Å². The number of halogens is 2. The van der Waals surface area contributed by atoms with Gasteiger partial charge in [-0.05, 0) is 40.8 Å². The van der Waals surface area contributed by atoms with E-state index in [-0.39, 0.29) is 0 Å². The van der Waals surface area contributed by atoms with E-state index in [1.165, 1.54) is 6.26 Å². The molecule has 0 saturated heterocycles. The minimum absolute atomic E-state index is 0.680. The van der Waals surface area contributed by atoms with Crippen molar-refractivity contribution >= 4 is 45.1 Å². The molecule has 0 radical (unpaired) electrons. The Hall–Kier alpha value is -0.810. The standard InChI is InChI=1S/C11H7ClINO/c1-2-15-11-9(13)6-8(12)7-4-3-5-14-10(7)11/h2-6H,1H2. The van der Waals surface area contributed by atoms with Gasteiger partial charge in [-0.2, -0.15) is 0 Å². The molecule has 0 aliphatic carbocycles. The average molecular weight is 332 g/mol. The Bertz CT molecular complexity index is 527. The third-order valence-electron chi connectivity index (χ3n) is 1.95. The van der Waals surface area contributed by atoms with Gasteiger partial charge in [-0.25, -0.2) is 0 Å². The van der Waals surface area contributed by atoms with Crippen molar-refractivity contribution in [2.75, 3.05) is 0 Å². The highest BCUT2D eigenvalue weighted by molar-refractivity contribution is 14.1. The van der Waals surface area contributed by atoms with Gasteiger partial charge in [0.25, 0.3) is 0 Å². The number of benzene rings is 1. The fraction of sp³-hybridized carbons (Fsp3) is 0. The fourth-order valence-electron chi connectivity index (χ4n) is 1.34. The normalized spacial score (nSPS) is 10.3.